The van der Waals surface area contributed by atoms with Gasteiger partial charge in [0.1, 0.15) is 29.6 Å². The van der Waals surface area contributed by atoms with Crippen LogP contribution in [0.1, 0.15) is 17.5 Å². The molecule has 5 rings (SSSR count). The average Bonchev–Trinajstić information content (AvgIpc) is 3.43. The van der Waals surface area contributed by atoms with Crippen LogP contribution in [0.3, 0.4) is 0 Å². The van der Waals surface area contributed by atoms with E-state index in [9.17, 15) is 14.0 Å². The number of carbonyl (C=O) groups is 2. The summed E-state index contributed by atoms with van der Waals surface area (Å²) >= 11 is 0. The zero-order valence-corrected chi connectivity index (χ0v) is 18.9. The second-order valence-electron chi connectivity index (χ2n) is 8.73. The lowest BCUT2D eigenvalue weighted by Crippen LogP contribution is -2.30. The predicted molar refractivity (Wildman–Crippen MR) is 122 cm³/mol. The normalized spacial score (nSPS) is 20.4. The van der Waals surface area contributed by atoms with E-state index in [4.69, 9.17) is 19.5 Å². The maximum Gasteiger partial charge on any atom is 0.415 e. The van der Waals surface area contributed by atoms with E-state index in [1.165, 1.54) is 11.0 Å². The zero-order chi connectivity index (χ0) is 24.4. The smallest absolute Gasteiger partial charge is 0.415 e. The van der Waals surface area contributed by atoms with Crippen molar-refractivity contribution in [2.24, 2.45) is 5.92 Å². The topological polar surface area (TPSA) is 126 Å². The molecular formula is C24H24FN5O5. The van der Waals surface area contributed by atoms with Crippen molar-refractivity contribution in [3.05, 3.63) is 41.2 Å². The first-order chi connectivity index (χ1) is 17.0. The zero-order valence-electron chi connectivity index (χ0n) is 18.9. The van der Waals surface area contributed by atoms with Crippen LogP contribution in [0.4, 0.5) is 20.8 Å². The maximum atomic E-state index is 14.4. The SMILES string of the molecule is N#CCOc1cc(F)c2c(c1)CC(CNCCC1CN(c3ccc4c(n3)NC(=O)CO4)C(=O)O1)C2. The van der Waals surface area contributed by atoms with Crippen LogP contribution in [-0.4, -0.2) is 55.9 Å². The van der Waals surface area contributed by atoms with Gasteiger partial charge in [-0.15, -0.1) is 0 Å². The Morgan fingerprint density at radius 3 is 3.06 bits per heavy atom. The lowest BCUT2D eigenvalue weighted by molar-refractivity contribution is -0.118. The van der Waals surface area contributed by atoms with Crippen molar-refractivity contribution in [2.45, 2.75) is 25.4 Å². The van der Waals surface area contributed by atoms with Crippen molar-refractivity contribution >= 4 is 23.6 Å². The van der Waals surface area contributed by atoms with Crippen LogP contribution in [0.25, 0.3) is 0 Å². The van der Waals surface area contributed by atoms with Gasteiger partial charge in [-0.2, -0.15) is 5.26 Å². The van der Waals surface area contributed by atoms with E-state index in [2.05, 4.69) is 15.6 Å². The number of amides is 2. The molecule has 2 N–H and O–H groups in total. The number of rotatable bonds is 8. The summed E-state index contributed by atoms with van der Waals surface area (Å²) in [6.45, 7) is 1.53. The van der Waals surface area contributed by atoms with Crippen LogP contribution in [-0.2, 0) is 22.4 Å². The van der Waals surface area contributed by atoms with E-state index in [0.29, 0.717) is 55.4 Å². The highest BCUT2D eigenvalue weighted by molar-refractivity contribution is 5.95. The third-order valence-corrected chi connectivity index (χ3v) is 6.25. The van der Waals surface area contributed by atoms with E-state index in [1.54, 1.807) is 12.1 Å². The number of hydrogen-bond acceptors (Lipinski definition) is 8. The Kier molecular flexibility index (Phi) is 6.37. The molecule has 1 fully saturated rings. The molecule has 0 bridgehead atoms. The number of cyclic esters (lactones) is 1. The Balaban J connectivity index is 1.09. The Morgan fingerprint density at radius 1 is 1.31 bits per heavy atom. The molecule has 182 valence electrons. The molecule has 11 heteroatoms. The predicted octanol–water partition coefficient (Wildman–Crippen LogP) is 2.17. The minimum Gasteiger partial charge on any atom is -0.480 e. The fourth-order valence-corrected chi connectivity index (χ4v) is 4.62. The Morgan fingerprint density at radius 2 is 2.20 bits per heavy atom. The van der Waals surface area contributed by atoms with Crippen LogP contribution < -0.4 is 25.0 Å². The molecular weight excluding hydrogens is 457 g/mol. The van der Waals surface area contributed by atoms with E-state index in [1.807, 2.05) is 12.1 Å². The van der Waals surface area contributed by atoms with Gasteiger partial charge >= 0.3 is 6.09 Å². The first-order valence-electron chi connectivity index (χ1n) is 11.4. The number of halogens is 1. The molecule has 0 saturated carbocycles. The van der Waals surface area contributed by atoms with Gasteiger partial charge in [0.2, 0.25) is 0 Å². The average molecular weight is 481 g/mol. The Hall–Kier alpha value is -3.91. The second-order valence-corrected chi connectivity index (χ2v) is 8.73. The summed E-state index contributed by atoms with van der Waals surface area (Å²) in [5, 5.41) is 14.7. The van der Waals surface area contributed by atoms with Crippen LogP contribution >= 0.6 is 0 Å². The molecule has 3 heterocycles. The fraction of sp³-hybridized carbons (Fsp3) is 0.417. The van der Waals surface area contributed by atoms with E-state index in [-0.39, 0.29) is 42.8 Å². The molecule has 2 aliphatic heterocycles. The van der Waals surface area contributed by atoms with Crippen molar-refractivity contribution in [3.63, 3.8) is 0 Å². The van der Waals surface area contributed by atoms with Crippen molar-refractivity contribution < 1.29 is 28.2 Å². The summed E-state index contributed by atoms with van der Waals surface area (Å²) < 4.78 is 30.4. The van der Waals surface area contributed by atoms with Gasteiger partial charge in [-0.3, -0.25) is 9.69 Å². The number of anilines is 2. The minimum absolute atomic E-state index is 0.0610. The number of hydrogen-bond donors (Lipinski definition) is 2. The van der Waals surface area contributed by atoms with Gasteiger partial charge in [-0.25, -0.2) is 14.2 Å². The van der Waals surface area contributed by atoms with Gasteiger partial charge in [-0.1, -0.05) is 0 Å². The molecule has 35 heavy (non-hydrogen) atoms. The summed E-state index contributed by atoms with van der Waals surface area (Å²) in [6.07, 6.45) is 1.22. The summed E-state index contributed by atoms with van der Waals surface area (Å²) in [6, 6.07) is 8.36. The van der Waals surface area contributed by atoms with Crippen molar-refractivity contribution in [3.8, 4) is 17.6 Å². The van der Waals surface area contributed by atoms with Crippen molar-refractivity contribution in [2.75, 3.05) is 43.1 Å². The van der Waals surface area contributed by atoms with Crippen LogP contribution in [0.15, 0.2) is 24.3 Å². The molecule has 2 amide bonds. The van der Waals surface area contributed by atoms with Gasteiger partial charge < -0.3 is 24.8 Å². The van der Waals surface area contributed by atoms with Crippen molar-refractivity contribution in [1.82, 2.24) is 10.3 Å². The number of nitriles is 1. The summed E-state index contributed by atoms with van der Waals surface area (Å²) in [7, 11) is 0. The van der Waals surface area contributed by atoms with Crippen LogP contribution in [0.5, 0.6) is 11.5 Å². The first kappa shape index (κ1) is 22.9. The number of nitrogens with one attached hydrogen (secondary N) is 2. The molecule has 1 aliphatic carbocycles. The maximum absolute atomic E-state index is 14.4. The summed E-state index contributed by atoms with van der Waals surface area (Å²) in [4.78, 5) is 29.7. The number of fused-ring (bicyclic) bond motifs is 2. The van der Waals surface area contributed by atoms with Crippen LogP contribution in [0, 0.1) is 23.1 Å². The highest BCUT2D eigenvalue weighted by Gasteiger charge is 2.34. The Labute approximate surface area is 201 Å². The van der Waals surface area contributed by atoms with Gasteiger partial charge in [-0.05, 0) is 67.6 Å². The third-order valence-electron chi connectivity index (χ3n) is 6.25. The van der Waals surface area contributed by atoms with Gasteiger partial charge in [0.15, 0.2) is 24.8 Å². The molecule has 0 radical (unpaired) electrons. The largest absolute Gasteiger partial charge is 0.480 e. The number of ether oxygens (including phenoxy) is 3. The van der Waals surface area contributed by atoms with Crippen molar-refractivity contribution in [1.29, 1.82) is 5.26 Å². The lowest BCUT2D eigenvalue weighted by Gasteiger charge is -2.19. The number of pyridine rings is 1. The van der Waals surface area contributed by atoms with E-state index < -0.39 is 6.09 Å². The highest BCUT2D eigenvalue weighted by Crippen LogP contribution is 2.33. The van der Waals surface area contributed by atoms with Gasteiger partial charge in [0, 0.05) is 6.07 Å². The minimum atomic E-state index is -0.485. The molecule has 2 aromatic rings. The third kappa shape index (κ3) is 4.97. The molecule has 10 nitrogen and oxygen atoms in total. The first-order valence-corrected chi connectivity index (χ1v) is 11.4. The fourth-order valence-electron chi connectivity index (χ4n) is 4.62. The molecule has 3 aliphatic rings. The van der Waals surface area contributed by atoms with Gasteiger partial charge in [0.05, 0.1) is 6.54 Å². The van der Waals surface area contributed by atoms with E-state index in [0.717, 1.165) is 12.0 Å². The number of nitrogens with zero attached hydrogens (tertiary/aromatic N) is 3. The molecule has 1 aromatic heterocycles. The number of aromatic nitrogens is 1. The molecule has 1 saturated heterocycles. The monoisotopic (exact) mass is 481 g/mol. The highest BCUT2D eigenvalue weighted by atomic mass is 19.1. The molecule has 2 unspecified atom stereocenters. The molecule has 1 aromatic carbocycles. The summed E-state index contributed by atoms with van der Waals surface area (Å²) in [5.74, 6) is 1.18. The quantitative estimate of drug-likeness (QED) is 0.550. The second kappa shape index (κ2) is 9.76. The summed E-state index contributed by atoms with van der Waals surface area (Å²) in [5.41, 5.74) is 1.63. The number of carbonyl (C=O) groups excluding carboxylic acids is 2. The lowest BCUT2D eigenvalue weighted by atomic mass is 10.1. The molecule has 0 spiro atoms. The Bertz CT molecular complexity index is 1200. The van der Waals surface area contributed by atoms with E-state index >= 15 is 0 Å². The van der Waals surface area contributed by atoms with Gasteiger partial charge in [0.25, 0.3) is 5.91 Å². The standard InChI is InChI=1S/C24H24FN5O5/c25-19-10-17(33-6-4-26)9-15-7-14(8-18(15)19)11-27-5-3-16-12-30(24(32)35-16)21-2-1-20-23(28-21)29-22(31)13-34-20/h1-2,9-10,14,16,27H,3,5-8,11-13H2,(H,28,29,31). The van der Waals surface area contributed by atoms with Crippen LogP contribution in [0.2, 0.25) is 0 Å². The number of benzene rings is 1. The molecule has 2 atom stereocenters.